The van der Waals surface area contributed by atoms with Crippen LogP contribution in [0.3, 0.4) is 0 Å². The number of hydrogen-bond acceptors (Lipinski definition) is 5. The van der Waals surface area contributed by atoms with E-state index >= 15 is 0 Å². The second-order valence-corrected chi connectivity index (χ2v) is 7.46. The van der Waals surface area contributed by atoms with Gasteiger partial charge in [0.25, 0.3) is 5.69 Å². The van der Waals surface area contributed by atoms with Crippen molar-refractivity contribution in [3.8, 4) is 5.75 Å². The number of benzene rings is 2. The smallest absolute Gasteiger partial charge is 0.344 e. The van der Waals surface area contributed by atoms with E-state index in [1.807, 2.05) is 12.1 Å². The molecule has 0 fully saturated rings. The van der Waals surface area contributed by atoms with Gasteiger partial charge < -0.3 is 10.1 Å². The van der Waals surface area contributed by atoms with Crippen molar-refractivity contribution in [1.82, 2.24) is 0 Å². The molecule has 3 rings (SSSR count). The lowest BCUT2D eigenvalue weighted by molar-refractivity contribution is -0.385. The molecule has 0 bridgehead atoms. The third-order valence-corrected chi connectivity index (χ3v) is 4.78. The molecule has 1 atom stereocenters. The van der Waals surface area contributed by atoms with Gasteiger partial charge in [-0.3, -0.25) is 10.1 Å². The zero-order chi connectivity index (χ0) is 19.1. The molecule has 0 aliphatic carbocycles. The topological polar surface area (TPSA) is 81.5 Å². The Balaban J connectivity index is 1.87. The maximum atomic E-state index is 12.5. The molecular weight excluding hydrogens is 332 g/mol. The molecule has 0 spiro atoms. The van der Waals surface area contributed by atoms with Crippen LogP contribution in [0, 0.1) is 17.0 Å². The first-order chi connectivity index (χ1) is 12.2. The van der Waals surface area contributed by atoms with E-state index in [1.54, 1.807) is 13.0 Å². The minimum absolute atomic E-state index is 0.0185. The van der Waals surface area contributed by atoms with Crippen molar-refractivity contribution in [3.63, 3.8) is 0 Å². The number of nitro groups is 1. The highest BCUT2D eigenvalue weighted by Crippen LogP contribution is 2.40. The Hall–Kier alpha value is -2.89. The van der Waals surface area contributed by atoms with Crippen molar-refractivity contribution >= 4 is 17.3 Å². The summed E-state index contributed by atoms with van der Waals surface area (Å²) in [6.07, 6.45) is 0.974. The van der Waals surface area contributed by atoms with Crippen molar-refractivity contribution < 1.29 is 14.5 Å². The molecule has 1 aliphatic rings. The quantitative estimate of drug-likeness (QED) is 0.370. The third kappa shape index (κ3) is 3.40. The average Bonchev–Trinajstić information content (AvgIpc) is 2.54. The highest BCUT2D eigenvalue weighted by Gasteiger charge is 2.29. The van der Waals surface area contributed by atoms with E-state index in [2.05, 4.69) is 26.1 Å². The first kappa shape index (κ1) is 17.9. The van der Waals surface area contributed by atoms with E-state index in [-0.39, 0.29) is 16.8 Å². The molecule has 2 aromatic rings. The molecule has 0 radical (unpaired) electrons. The van der Waals surface area contributed by atoms with E-state index in [0.717, 1.165) is 17.7 Å². The molecule has 0 unspecified atom stereocenters. The maximum absolute atomic E-state index is 12.5. The average molecular weight is 354 g/mol. The molecule has 0 aromatic heterocycles. The number of carbonyl (C=O) groups is 1. The van der Waals surface area contributed by atoms with Crippen LogP contribution in [0.25, 0.3) is 0 Å². The van der Waals surface area contributed by atoms with Gasteiger partial charge in [0.1, 0.15) is 5.75 Å². The van der Waals surface area contributed by atoms with Crippen LogP contribution in [0.2, 0.25) is 0 Å². The molecule has 0 saturated carbocycles. The molecule has 0 amide bonds. The Labute approximate surface area is 152 Å². The fraction of sp³-hybridized carbons (Fsp3) is 0.350. The van der Waals surface area contributed by atoms with Crippen LogP contribution in [-0.4, -0.2) is 16.4 Å². The second kappa shape index (κ2) is 6.44. The predicted octanol–water partition coefficient (Wildman–Crippen LogP) is 4.82. The standard InChI is InChI=1S/C20H22N2O4/c1-12-11-20(3,4)21-17-9-8-14(10-16(12)17)26-19(23)15-6-5-7-18(13(15)2)22(24)25/h5-10,12,21H,11H2,1-4H3/t12-/m1/s1. The summed E-state index contributed by atoms with van der Waals surface area (Å²) in [7, 11) is 0. The molecule has 1 heterocycles. The molecule has 1 N–H and O–H groups in total. The van der Waals surface area contributed by atoms with Gasteiger partial charge >= 0.3 is 5.97 Å². The van der Waals surface area contributed by atoms with Crippen LogP contribution < -0.4 is 10.1 Å². The highest BCUT2D eigenvalue weighted by molar-refractivity contribution is 5.93. The summed E-state index contributed by atoms with van der Waals surface area (Å²) in [4.78, 5) is 23.1. The molecule has 26 heavy (non-hydrogen) atoms. The first-order valence-electron chi connectivity index (χ1n) is 8.56. The van der Waals surface area contributed by atoms with Gasteiger partial charge in [0.05, 0.1) is 10.5 Å². The fourth-order valence-corrected chi connectivity index (χ4v) is 3.62. The summed E-state index contributed by atoms with van der Waals surface area (Å²) in [5.74, 6) is 0.176. The molecule has 6 heteroatoms. The van der Waals surface area contributed by atoms with Gasteiger partial charge in [-0.05, 0) is 62.9 Å². The van der Waals surface area contributed by atoms with Gasteiger partial charge in [0.2, 0.25) is 0 Å². The Morgan fingerprint density at radius 3 is 2.73 bits per heavy atom. The molecule has 2 aromatic carbocycles. The number of ether oxygens (including phenoxy) is 1. The van der Waals surface area contributed by atoms with Crippen LogP contribution in [0.4, 0.5) is 11.4 Å². The summed E-state index contributed by atoms with van der Waals surface area (Å²) >= 11 is 0. The lowest BCUT2D eigenvalue weighted by atomic mass is 9.82. The minimum Gasteiger partial charge on any atom is -0.423 e. The minimum atomic E-state index is -0.595. The number of rotatable bonds is 3. The highest BCUT2D eigenvalue weighted by atomic mass is 16.6. The van der Waals surface area contributed by atoms with E-state index in [0.29, 0.717) is 17.2 Å². The van der Waals surface area contributed by atoms with Crippen molar-refractivity contribution in [2.75, 3.05) is 5.32 Å². The van der Waals surface area contributed by atoms with Crippen LogP contribution >= 0.6 is 0 Å². The monoisotopic (exact) mass is 354 g/mol. The SMILES string of the molecule is Cc1c(C(=O)Oc2ccc3c(c2)[C@H](C)CC(C)(C)N3)cccc1[N+](=O)[O-]. The van der Waals surface area contributed by atoms with Crippen molar-refractivity contribution in [2.45, 2.75) is 45.6 Å². The van der Waals surface area contributed by atoms with Gasteiger partial charge in [0.15, 0.2) is 0 Å². The number of nitro benzene ring substituents is 1. The fourth-order valence-electron chi connectivity index (χ4n) is 3.62. The summed E-state index contributed by atoms with van der Waals surface area (Å²) < 4.78 is 5.49. The summed E-state index contributed by atoms with van der Waals surface area (Å²) in [5.41, 5.74) is 2.57. The number of nitrogens with zero attached hydrogens (tertiary/aromatic N) is 1. The summed E-state index contributed by atoms with van der Waals surface area (Å²) in [5, 5.41) is 14.5. The van der Waals surface area contributed by atoms with E-state index < -0.39 is 10.9 Å². The molecule has 0 saturated heterocycles. The summed E-state index contributed by atoms with van der Waals surface area (Å²) in [6.45, 7) is 8.02. The Morgan fingerprint density at radius 1 is 1.31 bits per heavy atom. The van der Waals surface area contributed by atoms with E-state index in [9.17, 15) is 14.9 Å². The van der Waals surface area contributed by atoms with Gasteiger partial charge in [-0.25, -0.2) is 4.79 Å². The zero-order valence-corrected chi connectivity index (χ0v) is 15.3. The van der Waals surface area contributed by atoms with Gasteiger partial charge in [-0.1, -0.05) is 13.0 Å². The number of carbonyl (C=O) groups excluding carboxylic acids is 1. The first-order valence-corrected chi connectivity index (χ1v) is 8.56. The number of esters is 1. The predicted molar refractivity (Wildman–Crippen MR) is 100.0 cm³/mol. The van der Waals surface area contributed by atoms with Crippen LogP contribution in [0.1, 0.15) is 54.6 Å². The van der Waals surface area contributed by atoms with Crippen molar-refractivity contribution in [3.05, 3.63) is 63.2 Å². The van der Waals surface area contributed by atoms with Crippen LogP contribution in [-0.2, 0) is 0 Å². The lowest BCUT2D eigenvalue weighted by Crippen LogP contribution is -2.36. The molecule has 1 aliphatic heterocycles. The van der Waals surface area contributed by atoms with Gasteiger partial charge in [-0.2, -0.15) is 0 Å². The number of hydrogen-bond donors (Lipinski definition) is 1. The largest absolute Gasteiger partial charge is 0.423 e. The normalized spacial score (nSPS) is 17.8. The van der Waals surface area contributed by atoms with Crippen LogP contribution in [0.15, 0.2) is 36.4 Å². The van der Waals surface area contributed by atoms with E-state index in [1.165, 1.54) is 18.2 Å². The van der Waals surface area contributed by atoms with Crippen LogP contribution in [0.5, 0.6) is 5.75 Å². The Kier molecular flexibility index (Phi) is 4.44. The number of anilines is 1. The maximum Gasteiger partial charge on any atom is 0.344 e. The molecule has 136 valence electrons. The Bertz CT molecular complexity index is 889. The van der Waals surface area contributed by atoms with E-state index in [4.69, 9.17) is 4.74 Å². The molecular formula is C20H22N2O4. The van der Waals surface area contributed by atoms with Gasteiger partial charge in [0, 0.05) is 22.9 Å². The summed E-state index contributed by atoms with van der Waals surface area (Å²) in [6, 6.07) is 9.92. The molecule has 6 nitrogen and oxygen atoms in total. The zero-order valence-electron chi connectivity index (χ0n) is 15.3. The third-order valence-electron chi connectivity index (χ3n) is 4.78. The van der Waals surface area contributed by atoms with Gasteiger partial charge in [-0.15, -0.1) is 0 Å². The number of nitrogens with one attached hydrogen (secondary N) is 1. The second-order valence-electron chi connectivity index (χ2n) is 7.46. The Morgan fingerprint density at radius 2 is 2.04 bits per heavy atom. The van der Waals surface area contributed by atoms with Crippen molar-refractivity contribution in [1.29, 1.82) is 0 Å². The lowest BCUT2D eigenvalue weighted by Gasteiger charge is -2.37. The van der Waals surface area contributed by atoms with Crippen molar-refractivity contribution in [2.24, 2.45) is 0 Å². The number of fused-ring (bicyclic) bond motifs is 1.